The Morgan fingerprint density at radius 3 is 1.18 bits per heavy atom. The molecule has 0 rings (SSSR count). The highest BCUT2D eigenvalue weighted by Crippen LogP contribution is 2.46. The zero-order valence-electron chi connectivity index (χ0n) is 8.83. The van der Waals surface area contributed by atoms with Crippen LogP contribution < -0.4 is 0 Å². The normalized spacial score (nSPS) is 13.6. The summed E-state index contributed by atoms with van der Waals surface area (Å²) in [4.78, 5) is 0. The molecule has 0 unspecified atom stereocenters. The van der Waals surface area contributed by atoms with Crippen LogP contribution in [-0.4, -0.2) is 0 Å². The highest BCUT2D eigenvalue weighted by Gasteiger charge is 2.36. The summed E-state index contributed by atoms with van der Waals surface area (Å²) in [6.45, 7) is 15.6. The van der Waals surface area contributed by atoms with Gasteiger partial charge in [0.05, 0.1) is 0 Å². The van der Waals surface area contributed by atoms with Crippen LogP contribution >= 0.6 is 0 Å². The SMILES string of the molecule is [CH2]C(C)(C)C(CC)(CC)CC. The number of hydrogen-bond donors (Lipinski definition) is 0. The van der Waals surface area contributed by atoms with Crippen LogP contribution in [0.15, 0.2) is 0 Å². The van der Waals surface area contributed by atoms with Gasteiger partial charge in [-0.3, -0.25) is 0 Å². The maximum atomic E-state index is 4.26. The predicted octanol–water partition coefficient (Wildman–Crippen LogP) is 4.06. The lowest BCUT2D eigenvalue weighted by Gasteiger charge is -2.43. The summed E-state index contributed by atoms with van der Waals surface area (Å²) in [6, 6.07) is 0. The van der Waals surface area contributed by atoms with Crippen molar-refractivity contribution in [1.82, 2.24) is 0 Å². The maximum absolute atomic E-state index is 4.26. The van der Waals surface area contributed by atoms with E-state index < -0.39 is 0 Å². The van der Waals surface area contributed by atoms with E-state index in [4.69, 9.17) is 0 Å². The molecule has 0 saturated carbocycles. The Labute approximate surface area is 72.4 Å². The maximum Gasteiger partial charge on any atom is -0.0254 e. The molecule has 11 heavy (non-hydrogen) atoms. The molecule has 0 heteroatoms. The summed E-state index contributed by atoms with van der Waals surface area (Å²) in [5.41, 5.74) is 0.665. The fourth-order valence-electron chi connectivity index (χ4n) is 2.19. The van der Waals surface area contributed by atoms with Crippen LogP contribution in [0.4, 0.5) is 0 Å². The summed E-state index contributed by atoms with van der Waals surface area (Å²) in [5, 5.41) is 0. The van der Waals surface area contributed by atoms with E-state index in [1.807, 2.05) is 0 Å². The third-order valence-corrected chi connectivity index (χ3v) is 3.47. The van der Waals surface area contributed by atoms with Gasteiger partial charge < -0.3 is 0 Å². The topological polar surface area (TPSA) is 0 Å². The van der Waals surface area contributed by atoms with Gasteiger partial charge in [-0.1, -0.05) is 34.6 Å². The first-order valence-corrected chi connectivity index (χ1v) is 4.79. The molecule has 0 N–H and O–H groups in total. The lowest BCUT2D eigenvalue weighted by Crippen LogP contribution is -2.34. The number of rotatable bonds is 4. The van der Waals surface area contributed by atoms with Gasteiger partial charge in [-0.2, -0.15) is 0 Å². The lowest BCUT2D eigenvalue weighted by atomic mass is 9.62. The van der Waals surface area contributed by atoms with Crippen molar-refractivity contribution in [3.63, 3.8) is 0 Å². The molecule has 0 aliphatic rings. The molecule has 0 bridgehead atoms. The van der Waals surface area contributed by atoms with Crippen LogP contribution in [0.25, 0.3) is 0 Å². The average Bonchev–Trinajstić information content (AvgIpc) is 1.90. The molecule has 0 atom stereocenters. The van der Waals surface area contributed by atoms with Crippen molar-refractivity contribution in [1.29, 1.82) is 0 Å². The molecule has 0 aliphatic heterocycles. The van der Waals surface area contributed by atoms with Gasteiger partial charge in [0.2, 0.25) is 0 Å². The van der Waals surface area contributed by atoms with E-state index in [0.29, 0.717) is 5.41 Å². The van der Waals surface area contributed by atoms with Gasteiger partial charge in [0.25, 0.3) is 0 Å². The van der Waals surface area contributed by atoms with Crippen LogP contribution in [0.3, 0.4) is 0 Å². The Hall–Kier alpha value is 0. The molecular weight excluding hydrogens is 132 g/mol. The van der Waals surface area contributed by atoms with Gasteiger partial charge in [0.1, 0.15) is 0 Å². The molecular formula is C11H23. The lowest BCUT2D eigenvalue weighted by molar-refractivity contribution is 0.0937. The molecule has 1 radical (unpaired) electrons. The van der Waals surface area contributed by atoms with E-state index in [9.17, 15) is 0 Å². The Morgan fingerprint density at radius 2 is 1.18 bits per heavy atom. The molecule has 67 valence electrons. The Kier molecular flexibility index (Phi) is 3.60. The second-order valence-corrected chi connectivity index (χ2v) is 4.22. The summed E-state index contributed by atoms with van der Waals surface area (Å²) < 4.78 is 0. The molecule has 0 aromatic rings. The van der Waals surface area contributed by atoms with Crippen molar-refractivity contribution in [3.05, 3.63) is 6.92 Å². The fraction of sp³-hybridized carbons (Fsp3) is 0.909. The first-order chi connectivity index (χ1) is 4.93. The summed E-state index contributed by atoms with van der Waals surface area (Å²) in [5.74, 6) is 0. The second-order valence-electron chi connectivity index (χ2n) is 4.22. The average molecular weight is 155 g/mol. The summed E-state index contributed by atoms with van der Waals surface area (Å²) in [6.07, 6.45) is 3.74. The van der Waals surface area contributed by atoms with Crippen molar-refractivity contribution in [2.75, 3.05) is 0 Å². The third-order valence-electron chi connectivity index (χ3n) is 3.47. The molecule has 0 aliphatic carbocycles. The molecule has 0 fully saturated rings. The fourth-order valence-corrected chi connectivity index (χ4v) is 2.19. The van der Waals surface area contributed by atoms with Gasteiger partial charge in [-0.15, -0.1) is 0 Å². The minimum atomic E-state index is 0.214. The van der Waals surface area contributed by atoms with Crippen LogP contribution in [-0.2, 0) is 0 Å². The van der Waals surface area contributed by atoms with E-state index in [0.717, 1.165) is 0 Å². The van der Waals surface area contributed by atoms with Gasteiger partial charge in [0.15, 0.2) is 0 Å². The second kappa shape index (κ2) is 3.60. The van der Waals surface area contributed by atoms with Gasteiger partial charge in [-0.25, -0.2) is 0 Å². The summed E-state index contributed by atoms with van der Waals surface area (Å²) >= 11 is 0. The Bertz CT molecular complexity index is 93.4. The van der Waals surface area contributed by atoms with Crippen molar-refractivity contribution in [2.24, 2.45) is 10.8 Å². The molecule has 0 nitrogen and oxygen atoms in total. The first kappa shape index (κ1) is 11.0. The molecule has 0 spiro atoms. The minimum Gasteiger partial charge on any atom is -0.0648 e. The van der Waals surface area contributed by atoms with Crippen LogP contribution in [0.5, 0.6) is 0 Å². The van der Waals surface area contributed by atoms with Crippen LogP contribution in [0, 0.1) is 17.8 Å². The first-order valence-electron chi connectivity index (χ1n) is 4.79. The van der Waals surface area contributed by atoms with Gasteiger partial charge >= 0.3 is 0 Å². The van der Waals surface area contributed by atoms with Crippen molar-refractivity contribution in [3.8, 4) is 0 Å². The smallest absolute Gasteiger partial charge is 0.0254 e. The summed E-state index contributed by atoms with van der Waals surface area (Å²) in [7, 11) is 0. The van der Waals surface area contributed by atoms with E-state index in [1.165, 1.54) is 19.3 Å². The van der Waals surface area contributed by atoms with Gasteiger partial charge in [0, 0.05) is 0 Å². The largest absolute Gasteiger partial charge is 0.0648 e. The molecule has 0 amide bonds. The molecule has 0 aromatic carbocycles. The Morgan fingerprint density at radius 1 is 0.909 bits per heavy atom. The molecule has 0 aromatic heterocycles. The van der Waals surface area contributed by atoms with Crippen molar-refractivity contribution in [2.45, 2.75) is 53.9 Å². The van der Waals surface area contributed by atoms with Crippen LogP contribution in [0.2, 0.25) is 0 Å². The highest BCUT2D eigenvalue weighted by molar-refractivity contribution is 4.91. The van der Waals surface area contributed by atoms with E-state index in [2.05, 4.69) is 41.5 Å². The van der Waals surface area contributed by atoms with Gasteiger partial charge in [-0.05, 0) is 37.0 Å². The van der Waals surface area contributed by atoms with Crippen molar-refractivity contribution < 1.29 is 0 Å². The third kappa shape index (κ3) is 1.98. The van der Waals surface area contributed by atoms with E-state index >= 15 is 0 Å². The van der Waals surface area contributed by atoms with E-state index in [1.54, 1.807) is 0 Å². The zero-order chi connectivity index (χ0) is 9.12. The molecule has 0 saturated heterocycles. The quantitative estimate of drug-likeness (QED) is 0.574. The minimum absolute atomic E-state index is 0.214. The van der Waals surface area contributed by atoms with Crippen LogP contribution in [0.1, 0.15) is 53.9 Å². The van der Waals surface area contributed by atoms with E-state index in [-0.39, 0.29) is 5.41 Å². The highest BCUT2D eigenvalue weighted by atomic mass is 14.4. The molecule has 0 heterocycles. The number of hydrogen-bond acceptors (Lipinski definition) is 0. The zero-order valence-corrected chi connectivity index (χ0v) is 8.83. The standard InChI is InChI=1S/C11H23/c1-7-11(8-2,9-3)10(4,5)6/h4,7-9H2,1-3,5-6H3. The predicted molar refractivity (Wildman–Crippen MR) is 52.4 cm³/mol. The Balaban J connectivity index is 4.54. The van der Waals surface area contributed by atoms with Crippen molar-refractivity contribution >= 4 is 0 Å². The monoisotopic (exact) mass is 155 g/mol.